The van der Waals surface area contributed by atoms with Gasteiger partial charge in [0.25, 0.3) is 0 Å². The molecule has 76 valence electrons. The highest BCUT2D eigenvalue weighted by Crippen LogP contribution is 2.15. The summed E-state index contributed by atoms with van der Waals surface area (Å²) in [6.45, 7) is 3.67. The van der Waals surface area contributed by atoms with Gasteiger partial charge in [-0.25, -0.2) is 13.1 Å². The fourth-order valence-corrected chi connectivity index (χ4v) is 2.48. The first kappa shape index (κ1) is 11.4. The van der Waals surface area contributed by atoms with Crippen LogP contribution in [-0.4, -0.2) is 15.0 Å². The van der Waals surface area contributed by atoms with Gasteiger partial charge in [0.05, 0.1) is 4.90 Å². The molecule has 5 heteroatoms. The minimum atomic E-state index is -3.40. The topological polar surface area (TPSA) is 46.2 Å². The van der Waals surface area contributed by atoms with Gasteiger partial charge in [0, 0.05) is 11.0 Å². The standard InChI is InChI=1S/C9H10BrNO2S/c1-2-6-11-14(12,13)9-5-3-4-8(10)7-9/h2-5,7,11H,1,6H2. The molecular formula is C9H10BrNO2S. The van der Waals surface area contributed by atoms with Crippen LogP contribution in [0, 0.1) is 0 Å². The second-order valence-electron chi connectivity index (χ2n) is 2.60. The molecule has 0 radical (unpaired) electrons. The molecule has 0 bridgehead atoms. The SMILES string of the molecule is C=CCNS(=O)(=O)c1cccc(Br)c1. The molecule has 1 aromatic carbocycles. The van der Waals surface area contributed by atoms with E-state index < -0.39 is 10.0 Å². The lowest BCUT2D eigenvalue weighted by molar-refractivity contribution is 0.585. The number of rotatable bonds is 4. The van der Waals surface area contributed by atoms with E-state index in [1.54, 1.807) is 18.2 Å². The van der Waals surface area contributed by atoms with Crippen molar-refractivity contribution in [1.29, 1.82) is 0 Å². The molecule has 0 aromatic heterocycles. The molecule has 1 aromatic rings. The highest BCUT2D eigenvalue weighted by molar-refractivity contribution is 9.10. The van der Waals surface area contributed by atoms with Crippen LogP contribution in [0.15, 0.2) is 46.3 Å². The fraction of sp³-hybridized carbons (Fsp3) is 0.111. The van der Waals surface area contributed by atoms with Crippen molar-refractivity contribution in [3.63, 3.8) is 0 Å². The molecule has 1 rings (SSSR count). The molecule has 1 N–H and O–H groups in total. The predicted octanol–water partition coefficient (Wildman–Crippen LogP) is 1.91. The molecule has 3 nitrogen and oxygen atoms in total. The third-order valence-corrected chi connectivity index (χ3v) is 3.44. The summed E-state index contributed by atoms with van der Waals surface area (Å²) >= 11 is 3.21. The maximum absolute atomic E-state index is 11.6. The Hall–Kier alpha value is -0.650. The molecule has 0 saturated carbocycles. The van der Waals surface area contributed by atoms with Crippen molar-refractivity contribution in [3.8, 4) is 0 Å². The van der Waals surface area contributed by atoms with E-state index in [1.807, 2.05) is 0 Å². The minimum Gasteiger partial charge on any atom is -0.207 e. The van der Waals surface area contributed by atoms with E-state index in [4.69, 9.17) is 0 Å². The number of hydrogen-bond acceptors (Lipinski definition) is 2. The third kappa shape index (κ3) is 2.94. The van der Waals surface area contributed by atoms with E-state index in [0.717, 1.165) is 4.47 Å². The Morgan fingerprint density at radius 2 is 2.21 bits per heavy atom. The molecule has 14 heavy (non-hydrogen) atoms. The largest absolute Gasteiger partial charge is 0.240 e. The van der Waals surface area contributed by atoms with Gasteiger partial charge in [-0.1, -0.05) is 28.1 Å². The summed E-state index contributed by atoms with van der Waals surface area (Å²) in [6.07, 6.45) is 1.50. The van der Waals surface area contributed by atoms with E-state index in [9.17, 15) is 8.42 Å². The van der Waals surface area contributed by atoms with Gasteiger partial charge in [-0.05, 0) is 18.2 Å². The number of nitrogens with one attached hydrogen (secondary N) is 1. The first-order chi connectivity index (χ1) is 6.56. The van der Waals surface area contributed by atoms with Crippen LogP contribution in [0.5, 0.6) is 0 Å². The summed E-state index contributed by atoms with van der Waals surface area (Å²) in [7, 11) is -3.40. The summed E-state index contributed by atoms with van der Waals surface area (Å²) in [5.74, 6) is 0. The zero-order valence-corrected chi connectivity index (χ0v) is 9.81. The molecule has 0 atom stereocenters. The lowest BCUT2D eigenvalue weighted by atomic mass is 10.4. The number of halogens is 1. The normalized spacial score (nSPS) is 11.2. The molecule has 0 saturated heterocycles. The van der Waals surface area contributed by atoms with E-state index >= 15 is 0 Å². The van der Waals surface area contributed by atoms with Crippen molar-refractivity contribution in [2.75, 3.05) is 6.54 Å². The average molecular weight is 276 g/mol. The molecular weight excluding hydrogens is 266 g/mol. The molecule has 0 aliphatic rings. The molecule has 0 fully saturated rings. The maximum Gasteiger partial charge on any atom is 0.240 e. The van der Waals surface area contributed by atoms with E-state index in [1.165, 1.54) is 12.1 Å². The van der Waals surface area contributed by atoms with Gasteiger partial charge in [0.1, 0.15) is 0 Å². The Labute approximate surface area is 92.0 Å². The highest BCUT2D eigenvalue weighted by Gasteiger charge is 2.11. The molecule has 0 spiro atoms. The zero-order chi connectivity index (χ0) is 10.6. The van der Waals surface area contributed by atoms with Crippen molar-refractivity contribution in [1.82, 2.24) is 4.72 Å². The van der Waals surface area contributed by atoms with Crippen LogP contribution in [0.3, 0.4) is 0 Å². The molecule has 0 aliphatic heterocycles. The van der Waals surface area contributed by atoms with Crippen molar-refractivity contribution in [3.05, 3.63) is 41.4 Å². The molecule has 0 heterocycles. The van der Waals surface area contributed by atoms with Gasteiger partial charge in [0.2, 0.25) is 10.0 Å². The van der Waals surface area contributed by atoms with Crippen LogP contribution < -0.4 is 4.72 Å². The zero-order valence-electron chi connectivity index (χ0n) is 7.40. The van der Waals surface area contributed by atoms with Crippen molar-refractivity contribution in [2.24, 2.45) is 0 Å². The van der Waals surface area contributed by atoms with Crippen LogP contribution in [-0.2, 0) is 10.0 Å². The van der Waals surface area contributed by atoms with Crippen molar-refractivity contribution < 1.29 is 8.42 Å². The third-order valence-electron chi connectivity index (χ3n) is 1.52. The van der Waals surface area contributed by atoms with Crippen molar-refractivity contribution >= 4 is 26.0 Å². The first-order valence-corrected chi connectivity index (χ1v) is 6.20. The Kier molecular flexibility index (Phi) is 3.86. The van der Waals surface area contributed by atoms with E-state index in [-0.39, 0.29) is 11.4 Å². The molecule has 0 amide bonds. The van der Waals surface area contributed by atoms with Crippen LogP contribution in [0.1, 0.15) is 0 Å². The Balaban J connectivity index is 2.98. The van der Waals surface area contributed by atoms with Gasteiger partial charge in [-0.3, -0.25) is 0 Å². The van der Waals surface area contributed by atoms with Gasteiger partial charge in [-0.15, -0.1) is 6.58 Å². The van der Waals surface area contributed by atoms with Gasteiger partial charge in [0.15, 0.2) is 0 Å². The Morgan fingerprint density at radius 3 is 2.79 bits per heavy atom. The maximum atomic E-state index is 11.6. The summed E-state index contributed by atoms with van der Waals surface area (Å²) < 4.78 is 26.2. The summed E-state index contributed by atoms with van der Waals surface area (Å²) in [5.41, 5.74) is 0. The predicted molar refractivity (Wildman–Crippen MR) is 59.5 cm³/mol. The Bertz CT molecular complexity index is 428. The summed E-state index contributed by atoms with van der Waals surface area (Å²) in [6, 6.07) is 6.53. The smallest absolute Gasteiger partial charge is 0.207 e. The Morgan fingerprint density at radius 1 is 1.50 bits per heavy atom. The second-order valence-corrected chi connectivity index (χ2v) is 5.28. The van der Waals surface area contributed by atoms with Gasteiger partial charge < -0.3 is 0 Å². The summed E-state index contributed by atoms with van der Waals surface area (Å²) in [5, 5.41) is 0. The lowest BCUT2D eigenvalue weighted by Crippen LogP contribution is -2.23. The van der Waals surface area contributed by atoms with Crippen LogP contribution >= 0.6 is 15.9 Å². The van der Waals surface area contributed by atoms with Gasteiger partial charge in [-0.2, -0.15) is 0 Å². The monoisotopic (exact) mass is 275 g/mol. The highest BCUT2D eigenvalue weighted by atomic mass is 79.9. The minimum absolute atomic E-state index is 0.231. The van der Waals surface area contributed by atoms with E-state index in [0.29, 0.717) is 0 Å². The van der Waals surface area contributed by atoms with Gasteiger partial charge >= 0.3 is 0 Å². The van der Waals surface area contributed by atoms with E-state index in [2.05, 4.69) is 27.2 Å². The van der Waals surface area contributed by atoms with Crippen LogP contribution in [0.4, 0.5) is 0 Å². The van der Waals surface area contributed by atoms with Crippen LogP contribution in [0.2, 0.25) is 0 Å². The fourth-order valence-electron chi connectivity index (χ4n) is 0.886. The molecule has 0 aliphatic carbocycles. The first-order valence-electron chi connectivity index (χ1n) is 3.92. The lowest BCUT2D eigenvalue weighted by Gasteiger charge is -2.04. The average Bonchev–Trinajstić information content (AvgIpc) is 2.15. The number of sulfonamides is 1. The number of benzene rings is 1. The molecule has 0 unspecified atom stereocenters. The second kappa shape index (κ2) is 4.72. The van der Waals surface area contributed by atoms with Crippen molar-refractivity contribution in [2.45, 2.75) is 4.90 Å². The quantitative estimate of drug-likeness (QED) is 0.854. The van der Waals surface area contributed by atoms with Crippen LogP contribution in [0.25, 0.3) is 0 Å². The summed E-state index contributed by atoms with van der Waals surface area (Å²) in [4.78, 5) is 0.244. The number of hydrogen-bond donors (Lipinski definition) is 1.